The van der Waals surface area contributed by atoms with Crippen LogP contribution in [0, 0.1) is 0 Å². The van der Waals surface area contributed by atoms with Crippen LogP contribution in [0.15, 0.2) is 85.1 Å². The molecule has 0 radical (unpaired) electrons. The molecule has 2 N–H and O–H groups in total. The van der Waals surface area contributed by atoms with E-state index in [-0.39, 0.29) is 24.5 Å². The number of amides is 1. The highest BCUT2D eigenvalue weighted by molar-refractivity contribution is 5.80. The summed E-state index contributed by atoms with van der Waals surface area (Å²) >= 11 is 0. The topological polar surface area (TPSA) is 92.7 Å². The molecule has 0 aromatic heterocycles. The lowest BCUT2D eigenvalue weighted by molar-refractivity contribution is -0.150. The fourth-order valence-electron chi connectivity index (χ4n) is 5.22. The maximum absolute atomic E-state index is 12.7. The summed E-state index contributed by atoms with van der Waals surface area (Å²) in [4.78, 5) is 34.9. The van der Waals surface area contributed by atoms with Gasteiger partial charge in [-0.25, -0.2) is 0 Å². The Balaban J connectivity index is 4.38. The van der Waals surface area contributed by atoms with Crippen molar-refractivity contribution in [2.75, 3.05) is 6.54 Å². The number of hydrogen-bond acceptors (Lipinski definition) is 4. The fourth-order valence-corrected chi connectivity index (χ4v) is 5.22. The maximum Gasteiger partial charge on any atom is 0.322 e. The Morgan fingerprint density at radius 3 is 1.44 bits per heavy atom. The van der Waals surface area contributed by atoms with Crippen molar-refractivity contribution in [3.8, 4) is 0 Å². The van der Waals surface area contributed by atoms with Crippen LogP contribution >= 0.6 is 0 Å². The van der Waals surface area contributed by atoms with Crippen LogP contribution in [0.4, 0.5) is 0 Å². The predicted octanol–water partition coefficient (Wildman–Crippen LogP) is 12.0. The van der Waals surface area contributed by atoms with E-state index in [1.165, 1.54) is 0 Å². The highest BCUT2D eigenvalue weighted by Gasteiger charge is 2.14. The van der Waals surface area contributed by atoms with Crippen molar-refractivity contribution in [3.05, 3.63) is 85.1 Å². The van der Waals surface area contributed by atoms with Gasteiger partial charge in [0.05, 0.1) is 0 Å². The van der Waals surface area contributed by atoms with Gasteiger partial charge in [0, 0.05) is 12.8 Å². The molecule has 1 amide bonds. The molecule has 282 valence electrons. The molecule has 0 rings (SSSR count). The number of carboxylic acids is 1. The van der Waals surface area contributed by atoms with E-state index in [2.05, 4.69) is 104 Å². The van der Waals surface area contributed by atoms with Crippen molar-refractivity contribution in [2.24, 2.45) is 0 Å². The summed E-state index contributed by atoms with van der Waals surface area (Å²) in [5.74, 6) is -1.30. The third-order valence-corrected chi connectivity index (χ3v) is 8.06. The number of aliphatic carboxylic acids is 1. The number of carbonyl (C=O) groups is 3. The van der Waals surface area contributed by atoms with Crippen molar-refractivity contribution in [2.45, 2.75) is 168 Å². The van der Waals surface area contributed by atoms with Gasteiger partial charge in [0.15, 0.2) is 0 Å². The molecule has 50 heavy (non-hydrogen) atoms. The van der Waals surface area contributed by atoms with Gasteiger partial charge in [-0.05, 0) is 109 Å². The lowest BCUT2D eigenvalue weighted by Crippen LogP contribution is -2.28. The Morgan fingerprint density at radius 2 is 0.920 bits per heavy atom. The van der Waals surface area contributed by atoms with Gasteiger partial charge in [-0.1, -0.05) is 125 Å². The SMILES string of the molecule is CC/C=C\C/C=C\C/C=C\C/C=C\CCCCC(CCCCCCCC(=O)NCC(=O)O)OC(=O)CCCCC/C=C\C/C=C\C/C=C\CC. The molecule has 6 nitrogen and oxygen atoms in total. The quantitative estimate of drug-likeness (QED) is 0.0397. The van der Waals surface area contributed by atoms with Crippen molar-refractivity contribution in [1.29, 1.82) is 0 Å². The van der Waals surface area contributed by atoms with E-state index >= 15 is 0 Å². The largest absolute Gasteiger partial charge is 0.480 e. The zero-order chi connectivity index (χ0) is 36.6. The van der Waals surface area contributed by atoms with E-state index in [0.29, 0.717) is 12.8 Å². The van der Waals surface area contributed by atoms with E-state index in [1.807, 2.05) is 0 Å². The summed E-state index contributed by atoms with van der Waals surface area (Å²) in [7, 11) is 0. The van der Waals surface area contributed by atoms with Crippen molar-refractivity contribution < 1.29 is 24.2 Å². The zero-order valence-electron chi connectivity index (χ0n) is 31.7. The Bertz CT molecular complexity index is 1030. The maximum atomic E-state index is 12.7. The first-order valence-corrected chi connectivity index (χ1v) is 19.7. The second kappa shape index (κ2) is 38.4. The van der Waals surface area contributed by atoms with Gasteiger partial charge < -0.3 is 15.2 Å². The first kappa shape index (κ1) is 46.6. The number of rotatable bonds is 34. The molecule has 0 spiro atoms. The minimum Gasteiger partial charge on any atom is -0.480 e. The van der Waals surface area contributed by atoms with Gasteiger partial charge in [0.25, 0.3) is 0 Å². The molecule has 0 aliphatic heterocycles. The summed E-state index contributed by atoms with van der Waals surface area (Å²) < 4.78 is 5.98. The summed E-state index contributed by atoms with van der Waals surface area (Å²) in [5, 5.41) is 11.1. The monoisotopic (exact) mass is 694 g/mol. The molecule has 0 saturated carbocycles. The van der Waals surface area contributed by atoms with Crippen LogP contribution in [0.1, 0.15) is 162 Å². The Morgan fingerprint density at radius 1 is 0.520 bits per heavy atom. The standard InChI is InChI=1S/C44H71NO5/c1-3-5-7-9-11-13-15-17-18-20-21-23-25-28-32-36-41(37-33-29-27-30-34-38-42(46)45-40-43(47)48)50-44(49)39-35-31-26-24-22-19-16-14-12-10-8-6-4-2/h5-8,11-14,17-19,21-23,41H,3-4,9-10,15-16,20,24-40H2,1-2H3,(H,45,46)(H,47,48)/b7-5-,8-6-,13-11-,14-12-,18-17-,22-19-,23-21-. The third kappa shape index (κ3) is 37.4. The molecule has 0 bridgehead atoms. The summed E-state index contributed by atoms with van der Waals surface area (Å²) in [6.45, 7) is 3.97. The highest BCUT2D eigenvalue weighted by atomic mass is 16.5. The van der Waals surface area contributed by atoms with E-state index in [9.17, 15) is 14.4 Å². The molecule has 0 fully saturated rings. The summed E-state index contributed by atoms with van der Waals surface area (Å²) in [5.41, 5.74) is 0. The minimum absolute atomic E-state index is 0.0322. The lowest BCUT2D eigenvalue weighted by Gasteiger charge is -2.18. The van der Waals surface area contributed by atoms with E-state index in [0.717, 1.165) is 135 Å². The molecule has 1 unspecified atom stereocenters. The number of unbranched alkanes of at least 4 members (excludes halogenated alkanes) is 9. The number of hydrogen-bond donors (Lipinski definition) is 2. The first-order chi connectivity index (χ1) is 24.5. The van der Waals surface area contributed by atoms with Crippen molar-refractivity contribution in [3.63, 3.8) is 0 Å². The zero-order valence-corrected chi connectivity index (χ0v) is 31.7. The Hall–Kier alpha value is -3.41. The fraction of sp³-hybridized carbons (Fsp3) is 0.614. The number of allylic oxidation sites excluding steroid dienone is 14. The molecule has 0 saturated heterocycles. The second-order valence-corrected chi connectivity index (χ2v) is 12.8. The van der Waals surface area contributed by atoms with Crippen LogP contribution in [0.5, 0.6) is 0 Å². The van der Waals surface area contributed by atoms with E-state index < -0.39 is 5.97 Å². The van der Waals surface area contributed by atoms with Gasteiger partial charge in [-0.2, -0.15) is 0 Å². The van der Waals surface area contributed by atoms with Gasteiger partial charge in [-0.3, -0.25) is 14.4 Å². The average Bonchev–Trinajstić information content (AvgIpc) is 3.10. The second-order valence-electron chi connectivity index (χ2n) is 12.8. The number of nitrogens with one attached hydrogen (secondary N) is 1. The first-order valence-electron chi connectivity index (χ1n) is 19.7. The van der Waals surface area contributed by atoms with Crippen LogP contribution in [-0.2, 0) is 19.1 Å². The van der Waals surface area contributed by atoms with Crippen LogP contribution in [-0.4, -0.2) is 35.6 Å². The van der Waals surface area contributed by atoms with E-state index in [1.54, 1.807) is 0 Å². The molecule has 1 atom stereocenters. The van der Waals surface area contributed by atoms with Gasteiger partial charge >= 0.3 is 11.9 Å². The van der Waals surface area contributed by atoms with Gasteiger partial charge in [0.2, 0.25) is 5.91 Å². The normalized spacial score (nSPS) is 13.0. The molecule has 0 heterocycles. The third-order valence-electron chi connectivity index (χ3n) is 8.06. The van der Waals surface area contributed by atoms with Crippen LogP contribution in [0.3, 0.4) is 0 Å². The smallest absolute Gasteiger partial charge is 0.322 e. The van der Waals surface area contributed by atoms with E-state index in [4.69, 9.17) is 9.84 Å². The summed E-state index contributed by atoms with van der Waals surface area (Å²) in [6.07, 6.45) is 52.7. The van der Waals surface area contributed by atoms with Gasteiger partial charge in [0.1, 0.15) is 12.6 Å². The number of carbonyl (C=O) groups excluding carboxylic acids is 2. The molecule has 0 aliphatic rings. The van der Waals surface area contributed by atoms with Crippen LogP contribution in [0.2, 0.25) is 0 Å². The van der Waals surface area contributed by atoms with Crippen molar-refractivity contribution in [1.82, 2.24) is 5.32 Å². The molecule has 0 aromatic rings. The molecule has 0 aromatic carbocycles. The number of ether oxygens (including phenoxy) is 1. The van der Waals surface area contributed by atoms with Crippen LogP contribution in [0.25, 0.3) is 0 Å². The Labute approximate surface area is 306 Å². The number of carboxylic acid groups (broad SMARTS) is 1. The highest BCUT2D eigenvalue weighted by Crippen LogP contribution is 2.17. The minimum atomic E-state index is -1.03. The Kier molecular flexibility index (Phi) is 35.8. The lowest BCUT2D eigenvalue weighted by atomic mass is 10.0. The summed E-state index contributed by atoms with van der Waals surface area (Å²) in [6, 6.07) is 0. The van der Waals surface area contributed by atoms with Crippen molar-refractivity contribution >= 4 is 17.8 Å². The van der Waals surface area contributed by atoms with Gasteiger partial charge in [-0.15, -0.1) is 0 Å². The van der Waals surface area contributed by atoms with Crippen LogP contribution < -0.4 is 5.32 Å². The molecule has 6 heteroatoms. The number of esters is 1. The molecular formula is C44H71NO5. The predicted molar refractivity (Wildman–Crippen MR) is 212 cm³/mol. The average molecular weight is 694 g/mol. The molecule has 0 aliphatic carbocycles. The molecular weight excluding hydrogens is 622 g/mol.